The van der Waals surface area contributed by atoms with Crippen LogP contribution in [0.15, 0.2) is 65.6 Å². The molecule has 1 saturated heterocycles. The second kappa shape index (κ2) is 12.9. The molecule has 0 saturated carbocycles. The average Bonchev–Trinajstić information content (AvgIpc) is 3.54. The number of hydrogen-bond acceptors (Lipinski definition) is 10. The number of nitrogens with two attached hydrogens (primary N) is 1. The molecule has 13 nitrogen and oxygen atoms in total. The Kier molecular flexibility index (Phi) is 9.31. The Morgan fingerprint density at radius 1 is 0.979 bits per heavy atom. The van der Waals surface area contributed by atoms with Crippen molar-refractivity contribution in [2.45, 2.75) is 35.4 Å². The Hall–Kier alpha value is -4.53. The molecule has 0 unspecified atom stereocenters. The lowest BCUT2D eigenvalue weighted by Crippen LogP contribution is -2.57. The molecule has 3 aromatic carbocycles. The van der Waals surface area contributed by atoms with Crippen LogP contribution in [-0.4, -0.2) is 90.2 Å². The smallest absolute Gasteiger partial charge is 0.404 e. The van der Waals surface area contributed by atoms with Gasteiger partial charge in [0.15, 0.2) is 5.54 Å². The molecule has 2 N–H and O–H groups in total. The molecule has 0 bridgehead atoms. The SMILES string of the molecule is COc1ccc(S(=O)(=O)N2C(=O)[C@@](c3ccccc3OC)(N3C[C@H](OC(N)=O)C[C@H]3CC(=O)N(C)C)c3cc(Cl)ccc32)c(OC)c1. The molecule has 2 aliphatic rings. The third-order valence-electron chi connectivity index (χ3n) is 8.45. The van der Waals surface area contributed by atoms with E-state index in [0.29, 0.717) is 5.75 Å². The van der Waals surface area contributed by atoms with Gasteiger partial charge in [0.05, 0.1) is 27.0 Å². The highest BCUT2D eigenvalue weighted by atomic mass is 35.5. The van der Waals surface area contributed by atoms with E-state index in [1.54, 1.807) is 43.3 Å². The zero-order valence-electron chi connectivity index (χ0n) is 26.4. The topological polar surface area (TPSA) is 158 Å². The van der Waals surface area contributed by atoms with Crippen LogP contribution in [0.3, 0.4) is 0 Å². The van der Waals surface area contributed by atoms with Gasteiger partial charge in [-0.15, -0.1) is 0 Å². The van der Waals surface area contributed by atoms with Crippen LogP contribution in [0.25, 0.3) is 0 Å². The number of benzene rings is 3. The standard InChI is InChI=1S/C32H35ClN4O9S/c1-35(2)29(38)16-20-15-22(46-31(34)40)18-36(20)32(23-8-6-7-9-26(23)44-4)24-14-19(33)10-12-25(24)37(30(32)39)47(41,42)28-13-11-21(43-3)17-27(28)45-5/h6-14,17,20,22H,15-16,18H2,1-5H3,(H2,34,40)/t20-,22+,32-/m0/s1. The molecular weight excluding hydrogens is 652 g/mol. The van der Waals surface area contributed by atoms with Gasteiger partial charge in [0.1, 0.15) is 28.2 Å². The van der Waals surface area contributed by atoms with Crippen molar-refractivity contribution < 1.29 is 41.7 Å². The number of carbonyl (C=O) groups is 3. The molecular formula is C32H35ClN4O9S. The van der Waals surface area contributed by atoms with Gasteiger partial charge >= 0.3 is 6.09 Å². The number of halogens is 1. The normalized spacial score (nSPS) is 20.9. The third-order valence-corrected chi connectivity index (χ3v) is 10.4. The molecule has 15 heteroatoms. The number of rotatable bonds is 10. The third kappa shape index (κ3) is 5.70. The maximum atomic E-state index is 15.4. The van der Waals surface area contributed by atoms with Crippen molar-refractivity contribution in [1.29, 1.82) is 0 Å². The van der Waals surface area contributed by atoms with Crippen molar-refractivity contribution in [2.75, 3.05) is 46.3 Å². The maximum absolute atomic E-state index is 15.4. The van der Waals surface area contributed by atoms with E-state index in [1.807, 2.05) is 0 Å². The predicted octanol–water partition coefficient (Wildman–Crippen LogP) is 3.36. The van der Waals surface area contributed by atoms with Crippen LogP contribution >= 0.6 is 11.6 Å². The van der Waals surface area contributed by atoms with E-state index in [4.69, 9.17) is 36.3 Å². The lowest BCUT2D eigenvalue weighted by Gasteiger charge is -2.42. The lowest BCUT2D eigenvalue weighted by molar-refractivity contribution is -0.133. The van der Waals surface area contributed by atoms with Gasteiger partial charge in [-0.25, -0.2) is 17.5 Å². The van der Waals surface area contributed by atoms with E-state index in [-0.39, 0.29) is 63.5 Å². The summed E-state index contributed by atoms with van der Waals surface area (Å²) >= 11 is 6.58. The van der Waals surface area contributed by atoms with Gasteiger partial charge in [-0.3, -0.25) is 14.5 Å². The van der Waals surface area contributed by atoms with Gasteiger partial charge in [0.2, 0.25) is 5.91 Å². The van der Waals surface area contributed by atoms with Gasteiger partial charge < -0.3 is 29.6 Å². The van der Waals surface area contributed by atoms with E-state index in [1.165, 1.54) is 62.6 Å². The van der Waals surface area contributed by atoms with Crippen molar-refractivity contribution in [3.8, 4) is 17.2 Å². The first-order valence-electron chi connectivity index (χ1n) is 14.5. The first-order chi connectivity index (χ1) is 22.3. The Morgan fingerprint density at radius 3 is 2.32 bits per heavy atom. The predicted molar refractivity (Wildman–Crippen MR) is 172 cm³/mol. The molecule has 5 rings (SSSR count). The number of ether oxygens (including phenoxy) is 4. The summed E-state index contributed by atoms with van der Waals surface area (Å²) in [5.74, 6) is -0.591. The van der Waals surface area contributed by atoms with Gasteiger partial charge in [-0.05, 0) is 36.4 Å². The van der Waals surface area contributed by atoms with E-state index in [9.17, 15) is 18.0 Å². The Bertz CT molecular complexity index is 1840. The fraction of sp³-hybridized carbons (Fsp3) is 0.344. The van der Waals surface area contributed by atoms with Gasteiger partial charge in [-0.2, -0.15) is 0 Å². The summed E-state index contributed by atoms with van der Waals surface area (Å²) in [4.78, 5) is 43.3. The number of hydrogen-bond donors (Lipinski definition) is 1. The number of likely N-dealkylation sites (tertiary alicyclic amines) is 1. The number of anilines is 1. The lowest BCUT2D eigenvalue weighted by atomic mass is 9.80. The van der Waals surface area contributed by atoms with Crippen LogP contribution in [0.1, 0.15) is 24.0 Å². The number of amides is 3. The fourth-order valence-corrected chi connectivity index (χ4v) is 8.19. The number of sulfonamides is 1. The highest BCUT2D eigenvalue weighted by Gasteiger charge is 2.63. The summed E-state index contributed by atoms with van der Waals surface area (Å²) < 4.78 is 51.9. The second-order valence-corrected chi connectivity index (χ2v) is 13.4. The van der Waals surface area contributed by atoms with Crippen LogP contribution < -0.4 is 24.2 Å². The zero-order valence-corrected chi connectivity index (χ0v) is 28.0. The van der Waals surface area contributed by atoms with Gasteiger partial charge in [0.25, 0.3) is 15.9 Å². The highest BCUT2D eigenvalue weighted by molar-refractivity contribution is 7.93. The van der Waals surface area contributed by atoms with Crippen molar-refractivity contribution in [3.05, 3.63) is 76.8 Å². The number of carbonyl (C=O) groups excluding carboxylic acids is 3. The van der Waals surface area contributed by atoms with Gasteiger partial charge in [-0.1, -0.05) is 29.8 Å². The number of primary amides is 1. The van der Waals surface area contributed by atoms with E-state index < -0.39 is 39.7 Å². The molecule has 2 aliphatic heterocycles. The van der Waals surface area contributed by atoms with Gasteiger partial charge in [0, 0.05) is 61.7 Å². The van der Waals surface area contributed by atoms with Crippen LogP contribution in [0.4, 0.5) is 10.5 Å². The molecule has 0 radical (unpaired) electrons. The molecule has 47 heavy (non-hydrogen) atoms. The van der Waals surface area contributed by atoms with Crippen LogP contribution in [0.5, 0.6) is 17.2 Å². The quantitative estimate of drug-likeness (QED) is 0.335. The molecule has 250 valence electrons. The van der Waals surface area contributed by atoms with Crippen molar-refractivity contribution in [3.63, 3.8) is 0 Å². The summed E-state index contributed by atoms with van der Waals surface area (Å²) in [5, 5.41) is 0.224. The zero-order chi connectivity index (χ0) is 34.3. The van der Waals surface area contributed by atoms with Crippen molar-refractivity contribution >= 4 is 45.2 Å². The summed E-state index contributed by atoms with van der Waals surface area (Å²) in [6.45, 7) is -0.0796. The summed E-state index contributed by atoms with van der Waals surface area (Å²) in [5.41, 5.74) is 4.00. The number of methoxy groups -OCH3 is 3. The molecule has 0 aliphatic carbocycles. The molecule has 1 fully saturated rings. The molecule has 0 spiro atoms. The maximum Gasteiger partial charge on any atom is 0.404 e. The minimum absolute atomic E-state index is 0.0279. The van der Waals surface area contributed by atoms with Crippen molar-refractivity contribution in [2.24, 2.45) is 5.73 Å². The molecule has 3 aromatic rings. The molecule has 3 atom stereocenters. The van der Waals surface area contributed by atoms with E-state index in [2.05, 4.69) is 0 Å². The minimum Gasteiger partial charge on any atom is -0.497 e. The van der Waals surface area contributed by atoms with Crippen LogP contribution in [0.2, 0.25) is 5.02 Å². The minimum atomic E-state index is -4.68. The summed E-state index contributed by atoms with van der Waals surface area (Å²) in [6, 6.07) is 14.6. The summed E-state index contributed by atoms with van der Waals surface area (Å²) in [7, 11) is 2.68. The first-order valence-corrected chi connectivity index (χ1v) is 16.3. The van der Waals surface area contributed by atoms with Crippen molar-refractivity contribution in [1.82, 2.24) is 9.80 Å². The Morgan fingerprint density at radius 2 is 1.68 bits per heavy atom. The Labute approximate surface area is 277 Å². The second-order valence-electron chi connectivity index (χ2n) is 11.3. The monoisotopic (exact) mass is 686 g/mol. The highest BCUT2D eigenvalue weighted by Crippen LogP contribution is 2.55. The molecule has 0 aromatic heterocycles. The fourth-order valence-electron chi connectivity index (χ4n) is 6.42. The number of para-hydroxylation sites is 1. The van der Waals surface area contributed by atoms with Crippen LogP contribution in [0, 0.1) is 0 Å². The first kappa shape index (κ1) is 33.8. The number of fused-ring (bicyclic) bond motifs is 1. The van der Waals surface area contributed by atoms with Crippen LogP contribution in [-0.2, 0) is 29.9 Å². The largest absolute Gasteiger partial charge is 0.497 e. The van der Waals surface area contributed by atoms with E-state index >= 15 is 4.79 Å². The Balaban J connectivity index is 1.83. The number of nitrogens with zero attached hydrogens (tertiary/aromatic N) is 3. The average molecular weight is 687 g/mol. The molecule has 3 amide bonds. The molecule has 2 heterocycles. The summed E-state index contributed by atoms with van der Waals surface area (Å²) in [6.07, 6.45) is -1.83. The van der Waals surface area contributed by atoms with E-state index in [0.717, 1.165) is 4.31 Å².